The molecule has 0 saturated carbocycles. The fourth-order valence-corrected chi connectivity index (χ4v) is 5.51. The minimum Gasteiger partial charge on any atom is -0.465 e. The van der Waals surface area contributed by atoms with Gasteiger partial charge < -0.3 is 35.3 Å². The molecule has 2 atom stereocenters. The van der Waals surface area contributed by atoms with Gasteiger partial charge >= 0.3 is 17.9 Å². The standard InChI is InChI=1S/C34H59N5O7/c1-7-8-11-36-34-26(4)17-29(18-27(34)5)19-30-20-35-21-33(43)46-28(6)23-38(13-10-31(41)45-25(2)3)14-15-39(24-40)12-9-16-44-32(42)22-37-30/h17-18,25,28,30,35-37,40H,7-16,19-24H2,1-6H3. The van der Waals surface area contributed by atoms with Crippen LogP contribution in [0.1, 0.15) is 70.1 Å². The molecule has 2 rings (SSSR count). The van der Waals surface area contributed by atoms with E-state index >= 15 is 0 Å². The lowest BCUT2D eigenvalue weighted by atomic mass is 9.99. The molecule has 0 radical (unpaired) electrons. The van der Waals surface area contributed by atoms with Crippen LogP contribution >= 0.6 is 0 Å². The van der Waals surface area contributed by atoms with Crippen molar-refractivity contribution in [3.8, 4) is 0 Å². The first-order valence-corrected chi connectivity index (χ1v) is 16.9. The summed E-state index contributed by atoms with van der Waals surface area (Å²) in [6.45, 7) is 15.9. The van der Waals surface area contributed by atoms with E-state index in [1.807, 2.05) is 30.6 Å². The quantitative estimate of drug-likeness (QED) is 0.159. The maximum Gasteiger partial charge on any atom is 0.320 e. The Morgan fingerprint density at radius 3 is 2.50 bits per heavy atom. The normalized spacial score (nSPS) is 20.7. The summed E-state index contributed by atoms with van der Waals surface area (Å²) in [6.07, 6.45) is 3.09. The molecule has 0 aliphatic carbocycles. The van der Waals surface area contributed by atoms with Gasteiger partial charge in [-0.15, -0.1) is 0 Å². The molecule has 1 aliphatic heterocycles. The van der Waals surface area contributed by atoms with E-state index in [0.717, 1.165) is 30.6 Å². The van der Waals surface area contributed by atoms with Crippen LogP contribution in [0.25, 0.3) is 0 Å². The number of hydrogen-bond acceptors (Lipinski definition) is 12. The second-order valence-electron chi connectivity index (χ2n) is 12.5. The van der Waals surface area contributed by atoms with Gasteiger partial charge in [0.1, 0.15) is 6.10 Å². The number of cyclic esters (lactones) is 2. The molecule has 2 unspecified atom stereocenters. The second-order valence-corrected chi connectivity index (χ2v) is 12.5. The first-order chi connectivity index (χ1) is 22.0. The maximum absolute atomic E-state index is 12.8. The van der Waals surface area contributed by atoms with Gasteiger partial charge in [0.2, 0.25) is 0 Å². The molecule has 1 heterocycles. The molecule has 1 aromatic rings. The summed E-state index contributed by atoms with van der Waals surface area (Å²) in [5, 5.41) is 20.0. The molecule has 1 fully saturated rings. The molecule has 1 aliphatic rings. The lowest BCUT2D eigenvalue weighted by Crippen LogP contribution is -2.44. The monoisotopic (exact) mass is 649 g/mol. The molecule has 0 spiro atoms. The fourth-order valence-electron chi connectivity index (χ4n) is 5.51. The first kappa shape index (κ1) is 39.4. The number of esters is 3. The summed E-state index contributed by atoms with van der Waals surface area (Å²) in [6, 6.07) is 4.21. The highest BCUT2D eigenvalue weighted by molar-refractivity contribution is 5.72. The minimum atomic E-state index is -0.407. The number of anilines is 1. The van der Waals surface area contributed by atoms with E-state index < -0.39 is 6.10 Å². The third-order valence-corrected chi connectivity index (χ3v) is 7.76. The van der Waals surface area contributed by atoms with Crippen LogP contribution < -0.4 is 16.0 Å². The Morgan fingerprint density at radius 1 is 1.11 bits per heavy atom. The number of ether oxygens (including phenoxy) is 3. The lowest BCUT2D eigenvalue weighted by Gasteiger charge is -2.28. The van der Waals surface area contributed by atoms with Crippen molar-refractivity contribution >= 4 is 23.6 Å². The molecular formula is C34H59N5O7. The number of rotatable bonds is 11. The predicted molar refractivity (Wildman–Crippen MR) is 180 cm³/mol. The van der Waals surface area contributed by atoms with Gasteiger partial charge in [-0.1, -0.05) is 25.5 Å². The molecule has 0 amide bonds. The summed E-state index contributed by atoms with van der Waals surface area (Å²) in [5.74, 6) is -1.02. The Labute approximate surface area is 275 Å². The minimum absolute atomic E-state index is 0.0182. The summed E-state index contributed by atoms with van der Waals surface area (Å²) < 4.78 is 16.5. The highest BCUT2D eigenvalue weighted by atomic mass is 16.5. The van der Waals surface area contributed by atoms with Crippen molar-refractivity contribution in [1.29, 1.82) is 0 Å². The molecule has 4 N–H and O–H groups in total. The van der Waals surface area contributed by atoms with Crippen LogP contribution in [0.15, 0.2) is 12.1 Å². The number of nitrogens with one attached hydrogen (secondary N) is 3. The Hall–Kier alpha value is -2.77. The van der Waals surface area contributed by atoms with E-state index in [1.165, 1.54) is 11.1 Å². The van der Waals surface area contributed by atoms with Crippen LogP contribution in [-0.2, 0) is 35.0 Å². The zero-order valence-electron chi connectivity index (χ0n) is 29.0. The number of aryl methyl sites for hydroxylation is 2. The Morgan fingerprint density at radius 2 is 1.83 bits per heavy atom. The average molecular weight is 650 g/mol. The zero-order valence-corrected chi connectivity index (χ0v) is 29.0. The highest BCUT2D eigenvalue weighted by Crippen LogP contribution is 2.23. The maximum atomic E-state index is 12.8. The van der Waals surface area contributed by atoms with Crippen LogP contribution in [0.2, 0.25) is 0 Å². The Balaban J connectivity index is 2.10. The number of aliphatic hydroxyl groups excluding tert-OH is 1. The molecule has 0 aromatic heterocycles. The molecule has 12 nitrogen and oxygen atoms in total. The van der Waals surface area contributed by atoms with E-state index in [1.54, 1.807) is 0 Å². The van der Waals surface area contributed by atoms with Gasteiger partial charge in [-0.2, -0.15) is 0 Å². The van der Waals surface area contributed by atoms with Gasteiger partial charge in [-0.3, -0.25) is 24.2 Å². The summed E-state index contributed by atoms with van der Waals surface area (Å²) >= 11 is 0. The molecule has 46 heavy (non-hydrogen) atoms. The van der Waals surface area contributed by atoms with Crippen molar-refractivity contribution in [2.45, 2.75) is 91.9 Å². The van der Waals surface area contributed by atoms with Gasteiger partial charge in [-0.05, 0) is 70.6 Å². The van der Waals surface area contributed by atoms with E-state index in [2.05, 4.69) is 48.9 Å². The average Bonchev–Trinajstić information content (AvgIpc) is 2.98. The third kappa shape index (κ3) is 16.2. The molecule has 1 aromatic carbocycles. The highest BCUT2D eigenvalue weighted by Gasteiger charge is 2.19. The lowest BCUT2D eigenvalue weighted by molar-refractivity contribution is -0.150. The summed E-state index contributed by atoms with van der Waals surface area (Å²) in [4.78, 5) is 41.4. The number of aliphatic hydroxyl groups is 1. The van der Waals surface area contributed by atoms with Crippen LogP contribution in [-0.4, -0.2) is 123 Å². The van der Waals surface area contributed by atoms with Gasteiger partial charge in [0.25, 0.3) is 0 Å². The Bertz CT molecular complexity index is 1050. The van der Waals surface area contributed by atoms with Gasteiger partial charge in [-0.25, -0.2) is 0 Å². The number of benzene rings is 1. The third-order valence-electron chi connectivity index (χ3n) is 7.76. The smallest absolute Gasteiger partial charge is 0.320 e. The number of carbonyl (C=O) groups excluding carboxylic acids is 3. The van der Waals surface area contributed by atoms with E-state index in [0.29, 0.717) is 52.1 Å². The second kappa shape index (κ2) is 21.9. The van der Waals surface area contributed by atoms with Crippen LogP contribution in [0.3, 0.4) is 0 Å². The van der Waals surface area contributed by atoms with Gasteiger partial charge in [0, 0.05) is 57.5 Å². The fraction of sp³-hybridized carbons (Fsp3) is 0.735. The van der Waals surface area contributed by atoms with Crippen LogP contribution in [0.4, 0.5) is 5.69 Å². The van der Waals surface area contributed by atoms with Crippen LogP contribution in [0.5, 0.6) is 0 Å². The SMILES string of the molecule is CCCCNc1c(C)cc(CC2CNCC(=O)OC(C)CN(CCC(=O)OC(C)C)CCN(CO)CCCOC(=O)CN2)cc1C. The van der Waals surface area contributed by atoms with E-state index in [9.17, 15) is 19.5 Å². The number of unbranched alkanes of at least 4 members (excludes halogenated alkanes) is 1. The largest absolute Gasteiger partial charge is 0.465 e. The zero-order chi connectivity index (χ0) is 33.9. The van der Waals surface area contributed by atoms with Crippen molar-refractivity contribution in [3.63, 3.8) is 0 Å². The van der Waals surface area contributed by atoms with Crippen LogP contribution in [0, 0.1) is 13.8 Å². The molecule has 1 saturated heterocycles. The molecule has 0 bridgehead atoms. The van der Waals surface area contributed by atoms with Crippen molar-refractivity contribution < 1.29 is 33.7 Å². The van der Waals surface area contributed by atoms with Crippen molar-refractivity contribution in [1.82, 2.24) is 20.4 Å². The number of hydrogen-bond donors (Lipinski definition) is 4. The summed E-state index contributed by atoms with van der Waals surface area (Å²) in [7, 11) is 0. The number of nitrogens with zero attached hydrogens (tertiary/aromatic N) is 2. The van der Waals surface area contributed by atoms with E-state index in [-0.39, 0.29) is 62.9 Å². The first-order valence-electron chi connectivity index (χ1n) is 16.9. The molecule has 262 valence electrons. The molecule has 12 heteroatoms. The number of carbonyl (C=O) groups is 3. The van der Waals surface area contributed by atoms with Gasteiger partial charge in [0.05, 0.1) is 39.0 Å². The van der Waals surface area contributed by atoms with Crippen molar-refractivity contribution in [3.05, 3.63) is 28.8 Å². The topological polar surface area (TPSA) is 142 Å². The van der Waals surface area contributed by atoms with Crippen molar-refractivity contribution in [2.24, 2.45) is 0 Å². The Kier molecular flexibility index (Phi) is 18.8. The van der Waals surface area contributed by atoms with Crippen molar-refractivity contribution in [2.75, 3.05) is 77.6 Å². The molecular weight excluding hydrogens is 590 g/mol. The van der Waals surface area contributed by atoms with Gasteiger partial charge in [0.15, 0.2) is 0 Å². The summed E-state index contributed by atoms with van der Waals surface area (Å²) in [5.41, 5.74) is 4.66. The predicted octanol–water partition coefficient (Wildman–Crippen LogP) is 2.38. The van der Waals surface area contributed by atoms with E-state index in [4.69, 9.17) is 14.2 Å².